The molecule has 25 heavy (non-hydrogen) atoms. The molecule has 1 aliphatic heterocycles. The molecule has 0 N–H and O–H groups in total. The highest BCUT2D eigenvalue weighted by atomic mass is 16.5. The van der Waals surface area contributed by atoms with Crippen molar-refractivity contribution in [3.63, 3.8) is 0 Å². The van der Waals surface area contributed by atoms with Crippen LogP contribution in [-0.2, 0) is 25.9 Å². The van der Waals surface area contributed by atoms with Crippen molar-refractivity contribution < 1.29 is 4.74 Å². The van der Waals surface area contributed by atoms with Gasteiger partial charge in [-0.15, -0.1) is 0 Å². The third-order valence-electron chi connectivity index (χ3n) is 5.25. The van der Waals surface area contributed by atoms with Crippen molar-refractivity contribution in [3.8, 4) is 5.75 Å². The first-order valence-electron chi connectivity index (χ1n) is 8.94. The molecule has 0 saturated carbocycles. The van der Waals surface area contributed by atoms with Crippen molar-refractivity contribution in [2.45, 2.75) is 32.9 Å². The number of aryl methyl sites for hydroxylation is 3. The molecule has 0 atom stereocenters. The summed E-state index contributed by atoms with van der Waals surface area (Å²) in [6.45, 7) is 5.15. The van der Waals surface area contributed by atoms with Crippen LogP contribution in [0, 0.1) is 6.92 Å². The second-order valence-electron chi connectivity index (χ2n) is 7.01. The van der Waals surface area contributed by atoms with Gasteiger partial charge in [0.1, 0.15) is 5.75 Å². The quantitative estimate of drug-likeness (QED) is 0.730. The van der Waals surface area contributed by atoms with Gasteiger partial charge in [-0.2, -0.15) is 0 Å². The van der Waals surface area contributed by atoms with E-state index in [4.69, 9.17) is 4.74 Å². The molecule has 130 valence electrons. The number of methoxy groups -OCH3 is 1. The maximum absolute atomic E-state index is 5.46. The predicted octanol–water partition coefficient (Wildman–Crippen LogP) is 3.58. The number of benzene rings is 1. The molecule has 0 spiro atoms. The fraction of sp³-hybridized carbons (Fsp3) is 0.381. The third-order valence-corrected chi connectivity index (χ3v) is 5.25. The molecule has 3 heterocycles. The molecule has 4 heteroatoms. The van der Waals surface area contributed by atoms with Crippen LogP contribution < -0.4 is 4.74 Å². The van der Waals surface area contributed by atoms with E-state index in [1.54, 1.807) is 7.11 Å². The van der Waals surface area contributed by atoms with Gasteiger partial charge in [0.15, 0.2) is 0 Å². The van der Waals surface area contributed by atoms with Crippen molar-refractivity contribution in [1.29, 1.82) is 0 Å². The minimum Gasteiger partial charge on any atom is -0.497 e. The van der Waals surface area contributed by atoms with Crippen molar-refractivity contribution in [3.05, 3.63) is 59.0 Å². The first-order valence-corrected chi connectivity index (χ1v) is 8.94. The number of aromatic nitrogens is 2. The highest BCUT2D eigenvalue weighted by Gasteiger charge is 2.22. The number of pyridine rings is 1. The zero-order valence-corrected chi connectivity index (χ0v) is 15.2. The minimum absolute atomic E-state index is 0.934. The number of hydrogen-bond acceptors (Lipinski definition) is 3. The Hall–Kier alpha value is -2.33. The lowest BCUT2D eigenvalue weighted by molar-refractivity contribution is 0.309. The largest absolute Gasteiger partial charge is 0.497 e. The maximum Gasteiger partial charge on any atom is 0.119 e. The average molecular weight is 335 g/mol. The van der Waals surface area contributed by atoms with Crippen LogP contribution in [0.1, 0.15) is 22.5 Å². The van der Waals surface area contributed by atoms with Gasteiger partial charge in [0.2, 0.25) is 0 Å². The van der Waals surface area contributed by atoms with Gasteiger partial charge in [-0.05, 0) is 55.8 Å². The summed E-state index contributed by atoms with van der Waals surface area (Å²) < 4.78 is 7.97. The van der Waals surface area contributed by atoms with Crippen LogP contribution in [0.15, 0.2) is 36.5 Å². The van der Waals surface area contributed by atoms with Crippen LogP contribution >= 0.6 is 0 Å². The van der Waals surface area contributed by atoms with Gasteiger partial charge in [0.05, 0.1) is 7.11 Å². The molecule has 1 aliphatic rings. The monoisotopic (exact) mass is 335 g/mol. The molecular weight excluding hydrogens is 310 g/mol. The zero-order valence-electron chi connectivity index (χ0n) is 15.2. The summed E-state index contributed by atoms with van der Waals surface area (Å²) >= 11 is 0. The second kappa shape index (κ2) is 6.52. The third kappa shape index (κ3) is 3.02. The number of rotatable bonds is 4. The molecule has 0 radical (unpaired) electrons. The van der Waals surface area contributed by atoms with E-state index in [-0.39, 0.29) is 0 Å². The number of ether oxygens (including phenoxy) is 1. The van der Waals surface area contributed by atoms with Crippen molar-refractivity contribution in [2.24, 2.45) is 0 Å². The van der Waals surface area contributed by atoms with Gasteiger partial charge < -0.3 is 14.2 Å². The molecule has 4 nitrogen and oxygen atoms in total. The van der Waals surface area contributed by atoms with Gasteiger partial charge in [-0.3, -0.25) is 4.98 Å². The first-order chi connectivity index (χ1) is 12.2. The molecule has 0 fully saturated rings. The molecule has 1 aromatic carbocycles. The molecule has 0 bridgehead atoms. The van der Waals surface area contributed by atoms with Crippen molar-refractivity contribution in [2.75, 3.05) is 20.7 Å². The van der Waals surface area contributed by atoms with E-state index in [9.17, 15) is 0 Å². The Labute approximate surface area is 149 Å². The van der Waals surface area contributed by atoms with E-state index >= 15 is 0 Å². The van der Waals surface area contributed by atoms with Crippen LogP contribution in [-0.4, -0.2) is 35.2 Å². The minimum atomic E-state index is 0.934. The average Bonchev–Trinajstić information content (AvgIpc) is 2.93. The molecule has 4 rings (SSSR count). The smallest absolute Gasteiger partial charge is 0.119 e. The number of likely N-dealkylation sites (N-methyl/N-ethyl adjacent to an activating group) is 1. The van der Waals surface area contributed by atoms with Crippen LogP contribution in [0.25, 0.3) is 10.9 Å². The summed E-state index contributed by atoms with van der Waals surface area (Å²) in [4.78, 5) is 6.83. The lowest BCUT2D eigenvalue weighted by Crippen LogP contribution is -2.27. The highest BCUT2D eigenvalue weighted by Crippen LogP contribution is 2.33. The van der Waals surface area contributed by atoms with Crippen LogP contribution in [0.4, 0.5) is 0 Å². The number of nitrogens with zero attached hydrogens (tertiary/aromatic N) is 3. The Morgan fingerprint density at radius 1 is 1.20 bits per heavy atom. The lowest BCUT2D eigenvalue weighted by Gasteiger charge is -2.24. The summed E-state index contributed by atoms with van der Waals surface area (Å²) in [7, 11) is 3.94. The summed E-state index contributed by atoms with van der Waals surface area (Å²) in [5.74, 6) is 0.934. The summed E-state index contributed by atoms with van der Waals surface area (Å²) in [5, 5.41) is 1.34. The maximum atomic E-state index is 5.46. The topological polar surface area (TPSA) is 30.3 Å². The second-order valence-corrected chi connectivity index (χ2v) is 7.01. The van der Waals surface area contributed by atoms with Gasteiger partial charge in [0.25, 0.3) is 0 Å². The zero-order chi connectivity index (χ0) is 17.4. The van der Waals surface area contributed by atoms with Gasteiger partial charge in [0, 0.05) is 54.5 Å². The summed E-state index contributed by atoms with van der Waals surface area (Å²) in [6, 6.07) is 10.8. The van der Waals surface area contributed by atoms with E-state index < -0.39 is 0 Å². The first kappa shape index (κ1) is 16.2. The van der Waals surface area contributed by atoms with Crippen molar-refractivity contribution in [1.82, 2.24) is 14.5 Å². The van der Waals surface area contributed by atoms with Gasteiger partial charge in [-0.1, -0.05) is 6.07 Å². The Morgan fingerprint density at radius 3 is 2.84 bits per heavy atom. The molecule has 0 unspecified atom stereocenters. The highest BCUT2D eigenvalue weighted by molar-refractivity contribution is 5.87. The molecule has 0 amide bonds. The van der Waals surface area contributed by atoms with Crippen LogP contribution in [0.3, 0.4) is 0 Å². The number of fused-ring (bicyclic) bond motifs is 3. The standard InChI is InChI=1S/C21H25N3O/c1-15-4-5-16(13-22-15)8-11-24-20-7-6-17(25-3)12-18(20)19-14-23(2)10-9-21(19)24/h4-7,12-13H,8-11,14H2,1-3H3. The lowest BCUT2D eigenvalue weighted by atomic mass is 10.0. The normalized spacial score (nSPS) is 14.7. The molecule has 3 aromatic rings. The van der Waals surface area contributed by atoms with E-state index in [0.717, 1.165) is 43.9 Å². The van der Waals surface area contributed by atoms with E-state index in [1.807, 2.05) is 13.1 Å². The van der Waals surface area contributed by atoms with E-state index in [1.165, 1.54) is 27.7 Å². The van der Waals surface area contributed by atoms with Gasteiger partial charge >= 0.3 is 0 Å². The van der Waals surface area contributed by atoms with Crippen LogP contribution in [0.2, 0.25) is 0 Å². The Kier molecular flexibility index (Phi) is 4.22. The SMILES string of the molecule is COc1ccc2c(c1)c1c(n2CCc2ccc(C)nc2)CCN(C)C1. The molecule has 0 aliphatic carbocycles. The van der Waals surface area contributed by atoms with Crippen molar-refractivity contribution >= 4 is 10.9 Å². The Bertz CT molecular complexity index is 896. The molecule has 0 saturated heterocycles. The fourth-order valence-corrected chi connectivity index (χ4v) is 3.83. The summed E-state index contributed by atoms with van der Waals surface area (Å²) in [5.41, 5.74) is 6.64. The fourth-order valence-electron chi connectivity index (χ4n) is 3.83. The molecular formula is C21H25N3O. The Morgan fingerprint density at radius 2 is 2.08 bits per heavy atom. The summed E-state index contributed by atoms with van der Waals surface area (Å²) in [6.07, 6.45) is 4.12. The Balaban J connectivity index is 1.73. The van der Waals surface area contributed by atoms with E-state index in [0.29, 0.717) is 0 Å². The van der Waals surface area contributed by atoms with Gasteiger partial charge in [-0.25, -0.2) is 0 Å². The predicted molar refractivity (Wildman–Crippen MR) is 101 cm³/mol. The van der Waals surface area contributed by atoms with Crippen LogP contribution in [0.5, 0.6) is 5.75 Å². The number of hydrogen-bond donors (Lipinski definition) is 0. The molecule has 2 aromatic heterocycles. The van der Waals surface area contributed by atoms with E-state index in [2.05, 4.69) is 51.8 Å².